The zero-order valence-electron chi connectivity index (χ0n) is 19.3. The number of ether oxygens (including phenoxy) is 1. The molecule has 0 bridgehead atoms. The predicted molar refractivity (Wildman–Crippen MR) is 132 cm³/mol. The molecule has 1 saturated carbocycles. The van der Waals surface area contributed by atoms with Crippen molar-refractivity contribution in [1.29, 1.82) is 0 Å². The molecule has 0 saturated heterocycles. The molecule has 174 valence electrons. The van der Waals surface area contributed by atoms with Crippen molar-refractivity contribution in [2.75, 3.05) is 18.1 Å². The van der Waals surface area contributed by atoms with Crippen LogP contribution < -0.4 is 26.4 Å². The van der Waals surface area contributed by atoms with E-state index in [4.69, 9.17) is 21.2 Å². The molecule has 4 rings (SSSR count). The third-order valence-electron chi connectivity index (χ3n) is 6.38. The highest BCUT2D eigenvalue weighted by atomic mass is 16.5. The Bertz CT molecular complexity index is 1090. The molecule has 8 heteroatoms. The van der Waals surface area contributed by atoms with Crippen LogP contribution in [-0.2, 0) is 0 Å². The number of hydrogen-bond acceptors (Lipinski definition) is 7. The van der Waals surface area contributed by atoms with Crippen LogP contribution in [0.4, 0.5) is 5.69 Å². The topological polar surface area (TPSA) is 118 Å². The van der Waals surface area contributed by atoms with Gasteiger partial charge in [0.15, 0.2) is 0 Å². The fourth-order valence-corrected chi connectivity index (χ4v) is 4.56. The van der Waals surface area contributed by atoms with E-state index in [9.17, 15) is 4.79 Å². The molecule has 0 unspecified atom stereocenters. The van der Waals surface area contributed by atoms with E-state index in [0.717, 1.165) is 37.9 Å². The number of nitrogens with one attached hydrogen (secondary N) is 1. The number of nitrogens with two attached hydrogens (primary N) is 2. The quantitative estimate of drug-likeness (QED) is 0.587. The highest BCUT2D eigenvalue weighted by Gasteiger charge is 2.43. The molecule has 0 aromatic heterocycles. The number of hydrogen-bond donors (Lipinski definition) is 3. The second kappa shape index (κ2) is 9.52. The van der Waals surface area contributed by atoms with E-state index >= 15 is 0 Å². The molecule has 8 nitrogen and oxygen atoms in total. The van der Waals surface area contributed by atoms with Crippen molar-refractivity contribution in [1.82, 2.24) is 5.32 Å². The summed E-state index contributed by atoms with van der Waals surface area (Å²) in [5.41, 5.74) is 15.3. The zero-order valence-corrected chi connectivity index (χ0v) is 19.3. The van der Waals surface area contributed by atoms with Crippen molar-refractivity contribution in [3.8, 4) is 5.75 Å². The van der Waals surface area contributed by atoms with Crippen molar-refractivity contribution in [2.45, 2.75) is 51.6 Å². The van der Waals surface area contributed by atoms with Gasteiger partial charge in [-0.15, -0.1) is 0 Å². The lowest BCUT2D eigenvalue weighted by atomic mass is 9.87. The summed E-state index contributed by atoms with van der Waals surface area (Å²) in [5.74, 6) is 1.05. The van der Waals surface area contributed by atoms with Gasteiger partial charge in [0.1, 0.15) is 18.0 Å². The molecule has 1 amide bonds. The fraction of sp³-hybridized carbons (Fsp3) is 0.400. The van der Waals surface area contributed by atoms with Crippen LogP contribution in [0.1, 0.15) is 53.6 Å². The normalized spacial score (nSPS) is 17.3. The van der Waals surface area contributed by atoms with Crippen molar-refractivity contribution < 1.29 is 9.53 Å². The average molecular weight is 449 g/mol. The number of rotatable bonds is 6. The van der Waals surface area contributed by atoms with Crippen LogP contribution in [0, 0.1) is 13.8 Å². The highest BCUT2D eigenvalue weighted by molar-refractivity contribution is 6.10. The number of anilines is 1. The number of nitrogens with zero attached hydrogens (tertiary/aromatic N) is 3. The van der Waals surface area contributed by atoms with Gasteiger partial charge in [0, 0.05) is 0 Å². The molecule has 33 heavy (non-hydrogen) atoms. The smallest absolute Gasteiger partial charge is 0.253 e. The minimum atomic E-state index is -0.600. The summed E-state index contributed by atoms with van der Waals surface area (Å²) in [4.78, 5) is 23.9. The first kappa shape index (κ1) is 22.6. The number of para-hydroxylation sites is 1. The largest absolute Gasteiger partial charge is 0.492 e. The molecule has 2 aromatic rings. The van der Waals surface area contributed by atoms with Gasteiger partial charge in [-0.2, -0.15) is 4.99 Å². The number of guanidine groups is 2. The van der Waals surface area contributed by atoms with Gasteiger partial charge in [-0.3, -0.25) is 9.69 Å². The van der Waals surface area contributed by atoms with E-state index < -0.39 is 5.66 Å². The van der Waals surface area contributed by atoms with Crippen LogP contribution in [0.15, 0.2) is 52.4 Å². The lowest BCUT2D eigenvalue weighted by molar-refractivity contribution is 0.0947. The second-order valence-electron chi connectivity index (χ2n) is 8.69. The van der Waals surface area contributed by atoms with Crippen molar-refractivity contribution in [3.63, 3.8) is 0 Å². The third kappa shape index (κ3) is 4.79. The minimum Gasteiger partial charge on any atom is -0.492 e. The molecule has 1 spiro atoms. The van der Waals surface area contributed by atoms with Crippen LogP contribution in [0.3, 0.4) is 0 Å². The Hall–Kier alpha value is -3.55. The molecule has 1 aliphatic carbocycles. The molecular weight excluding hydrogens is 416 g/mol. The van der Waals surface area contributed by atoms with Crippen molar-refractivity contribution >= 4 is 23.5 Å². The van der Waals surface area contributed by atoms with Gasteiger partial charge in [0.05, 0.1) is 17.8 Å². The molecule has 5 N–H and O–H groups in total. The van der Waals surface area contributed by atoms with E-state index in [2.05, 4.69) is 17.2 Å². The zero-order chi connectivity index (χ0) is 23.4. The molecule has 2 aromatic carbocycles. The van der Waals surface area contributed by atoms with Gasteiger partial charge in [-0.25, -0.2) is 4.99 Å². The standard InChI is InChI=1S/C25H32N6O2/c1-17-10-11-19(16-18(17)2)33-15-14-28-22(32)20-8-4-5-9-21(20)31-24(27)29-23(26)30-25(31)12-6-3-7-13-25/h4-5,8-11,16H,3,6-7,12-15H2,1-2H3,(H,28,32)(H4,26,27,29,30). The SMILES string of the molecule is Cc1ccc(OCCNC(=O)c2ccccc2N2C(N)=NC(N)=NC23CCCCC3)cc1C. The van der Waals surface area contributed by atoms with Crippen LogP contribution in [-0.4, -0.2) is 36.6 Å². The fourth-order valence-electron chi connectivity index (χ4n) is 4.56. The maximum absolute atomic E-state index is 13.1. The monoisotopic (exact) mass is 448 g/mol. The summed E-state index contributed by atoms with van der Waals surface area (Å²) in [6, 6.07) is 13.4. The molecule has 1 fully saturated rings. The molecular formula is C25H32N6O2. The van der Waals surface area contributed by atoms with E-state index in [1.165, 1.54) is 11.1 Å². The third-order valence-corrected chi connectivity index (χ3v) is 6.38. The number of aliphatic imine (C=N–C) groups is 2. The Morgan fingerprint density at radius 2 is 1.85 bits per heavy atom. The summed E-state index contributed by atoms with van der Waals surface area (Å²) >= 11 is 0. The maximum Gasteiger partial charge on any atom is 0.253 e. The first-order chi connectivity index (χ1) is 15.9. The molecule has 0 atom stereocenters. The molecule has 1 heterocycles. The minimum absolute atomic E-state index is 0.191. The summed E-state index contributed by atoms with van der Waals surface area (Å²) in [5, 5.41) is 2.96. The van der Waals surface area contributed by atoms with Crippen LogP contribution in [0.25, 0.3) is 0 Å². The Kier molecular flexibility index (Phi) is 6.53. The highest BCUT2D eigenvalue weighted by Crippen LogP contribution is 2.40. The first-order valence-electron chi connectivity index (χ1n) is 11.5. The average Bonchev–Trinajstić information content (AvgIpc) is 2.79. The Balaban J connectivity index is 1.49. The summed E-state index contributed by atoms with van der Waals surface area (Å²) in [6.07, 6.45) is 4.80. The summed E-state index contributed by atoms with van der Waals surface area (Å²) in [7, 11) is 0. The molecule has 2 aliphatic rings. The van der Waals surface area contributed by atoms with Crippen LogP contribution in [0.5, 0.6) is 5.75 Å². The Labute approximate surface area is 194 Å². The number of aryl methyl sites for hydroxylation is 2. The van der Waals surface area contributed by atoms with Gasteiger partial charge < -0.3 is 21.5 Å². The molecule has 1 aliphatic heterocycles. The van der Waals surface area contributed by atoms with Gasteiger partial charge in [0.25, 0.3) is 5.91 Å². The summed E-state index contributed by atoms with van der Waals surface area (Å²) in [6.45, 7) is 4.86. The number of carbonyl (C=O) groups excluding carboxylic acids is 1. The van der Waals surface area contributed by atoms with Gasteiger partial charge in [-0.1, -0.05) is 24.6 Å². The number of amides is 1. The van der Waals surface area contributed by atoms with Gasteiger partial charge in [0.2, 0.25) is 11.9 Å². The van der Waals surface area contributed by atoms with E-state index in [0.29, 0.717) is 24.4 Å². The first-order valence-corrected chi connectivity index (χ1v) is 11.5. The number of benzene rings is 2. The van der Waals surface area contributed by atoms with E-state index in [-0.39, 0.29) is 17.8 Å². The second-order valence-corrected chi connectivity index (χ2v) is 8.69. The van der Waals surface area contributed by atoms with E-state index in [1.54, 1.807) is 6.07 Å². The number of carbonyl (C=O) groups is 1. The summed E-state index contributed by atoms with van der Waals surface area (Å²) < 4.78 is 5.80. The van der Waals surface area contributed by atoms with Gasteiger partial charge >= 0.3 is 0 Å². The lowest BCUT2D eigenvalue weighted by Gasteiger charge is -2.46. The van der Waals surface area contributed by atoms with Crippen LogP contribution in [0.2, 0.25) is 0 Å². The lowest BCUT2D eigenvalue weighted by Crippen LogP contribution is -2.58. The van der Waals surface area contributed by atoms with E-state index in [1.807, 2.05) is 48.2 Å². The predicted octanol–water partition coefficient (Wildman–Crippen LogP) is 3.22. The molecule has 0 radical (unpaired) electrons. The van der Waals surface area contributed by atoms with Crippen LogP contribution >= 0.6 is 0 Å². The Morgan fingerprint density at radius 1 is 1.09 bits per heavy atom. The van der Waals surface area contributed by atoms with Gasteiger partial charge in [-0.05, 0) is 74.9 Å². The van der Waals surface area contributed by atoms with Crippen molar-refractivity contribution in [3.05, 3.63) is 59.2 Å². The maximum atomic E-state index is 13.1. The Morgan fingerprint density at radius 3 is 2.61 bits per heavy atom. The van der Waals surface area contributed by atoms with Crippen molar-refractivity contribution in [2.24, 2.45) is 21.5 Å².